The summed E-state index contributed by atoms with van der Waals surface area (Å²) >= 11 is 6.63. The van der Waals surface area contributed by atoms with Crippen LogP contribution in [0.1, 0.15) is 34.3 Å². The third kappa shape index (κ3) is 7.67. The summed E-state index contributed by atoms with van der Waals surface area (Å²) in [6.45, 7) is 0. The third-order valence-corrected chi connectivity index (χ3v) is 9.17. The van der Waals surface area contributed by atoms with E-state index < -0.39 is 63.4 Å². The summed E-state index contributed by atoms with van der Waals surface area (Å²) in [6, 6.07) is 18.8. The van der Waals surface area contributed by atoms with Gasteiger partial charge >= 0.3 is 17.9 Å². The van der Waals surface area contributed by atoms with Gasteiger partial charge in [0.2, 0.25) is 11.8 Å². The van der Waals surface area contributed by atoms with Gasteiger partial charge in [0.1, 0.15) is 15.4 Å². The SMILES string of the molecule is O=C1CC(OC(=O)C(Br)Cc2ccc3c(C(=O)Oc4ccccc4)c4cc(CC(Br)C(=O)OC5CC(=O)NC5=O)ccc4nc3c2)C(=O)N1. The molecule has 0 aliphatic carbocycles. The van der Waals surface area contributed by atoms with E-state index in [1.165, 1.54) is 0 Å². The number of nitrogens with zero attached hydrogens (tertiary/aromatic N) is 1. The van der Waals surface area contributed by atoms with Crippen molar-refractivity contribution in [2.45, 2.75) is 47.5 Å². The predicted octanol–water partition coefficient (Wildman–Crippen LogP) is 3.14. The zero-order chi connectivity index (χ0) is 34.8. The predicted molar refractivity (Wildman–Crippen MR) is 179 cm³/mol. The lowest BCUT2D eigenvalue weighted by Gasteiger charge is -2.16. The molecule has 49 heavy (non-hydrogen) atoms. The van der Waals surface area contributed by atoms with E-state index in [0.29, 0.717) is 38.7 Å². The minimum absolute atomic E-state index is 0.126. The van der Waals surface area contributed by atoms with Crippen LogP contribution in [0.5, 0.6) is 5.75 Å². The molecule has 4 unspecified atom stereocenters. The normalized spacial score (nSPS) is 18.6. The molecule has 6 rings (SSSR count). The molecule has 4 aromatic rings. The number of para-hydroxylation sites is 1. The Labute approximate surface area is 294 Å². The highest BCUT2D eigenvalue weighted by molar-refractivity contribution is 9.10. The van der Waals surface area contributed by atoms with Gasteiger partial charge in [-0.1, -0.05) is 68.3 Å². The number of aromatic nitrogens is 1. The van der Waals surface area contributed by atoms with Crippen molar-refractivity contribution in [1.82, 2.24) is 15.6 Å². The van der Waals surface area contributed by atoms with Gasteiger partial charge in [-0.05, 0) is 54.3 Å². The Morgan fingerprint density at radius 2 is 1.27 bits per heavy atom. The summed E-state index contributed by atoms with van der Waals surface area (Å²) in [4.78, 5) is 88.9. The molecular formula is C34H25Br2N3O10. The number of carbonyl (C=O) groups excluding carboxylic acids is 7. The maximum atomic E-state index is 13.8. The Morgan fingerprint density at radius 3 is 1.82 bits per heavy atom. The number of rotatable bonds is 10. The van der Waals surface area contributed by atoms with E-state index in [2.05, 4.69) is 42.5 Å². The second-order valence-corrected chi connectivity index (χ2v) is 13.5. The number of carbonyl (C=O) groups is 7. The Bertz CT molecular complexity index is 2050. The Hall–Kier alpha value is -5.02. The number of hydrogen-bond donors (Lipinski definition) is 2. The fraction of sp³-hybridized carbons (Fsp3) is 0.235. The molecule has 3 heterocycles. The Balaban J connectivity index is 1.28. The number of esters is 3. The van der Waals surface area contributed by atoms with Crippen molar-refractivity contribution in [3.8, 4) is 5.75 Å². The molecule has 2 fully saturated rings. The summed E-state index contributed by atoms with van der Waals surface area (Å²) in [5.41, 5.74) is 2.43. The van der Waals surface area contributed by atoms with Gasteiger partial charge in [0.15, 0.2) is 12.2 Å². The number of alkyl halides is 2. The fourth-order valence-corrected chi connectivity index (χ4v) is 6.38. The number of amides is 4. The van der Waals surface area contributed by atoms with E-state index in [1.54, 1.807) is 66.7 Å². The average Bonchev–Trinajstić information content (AvgIpc) is 3.56. The monoisotopic (exact) mass is 793 g/mol. The highest BCUT2D eigenvalue weighted by Crippen LogP contribution is 2.31. The molecule has 4 amide bonds. The number of halogens is 2. The lowest BCUT2D eigenvalue weighted by atomic mass is 9.97. The molecule has 1 aromatic heterocycles. The summed E-state index contributed by atoms with van der Waals surface area (Å²) in [6.07, 6.45) is -2.57. The van der Waals surface area contributed by atoms with Crippen LogP contribution >= 0.6 is 31.9 Å². The lowest BCUT2D eigenvalue weighted by Crippen LogP contribution is -2.31. The number of fused-ring (bicyclic) bond motifs is 2. The molecular weight excluding hydrogens is 770 g/mol. The zero-order valence-corrected chi connectivity index (χ0v) is 28.4. The topological polar surface area (TPSA) is 184 Å². The summed E-state index contributed by atoms with van der Waals surface area (Å²) in [7, 11) is 0. The number of pyridine rings is 1. The molecule has 0 bridgehead atoms. The molecule has 13 nitrogen and oxygen atoms in total. The second kappa shape index (κ2) is 14.2. The van der Waals surface area contributed by atoms with E-state index in [0.717, 1.165) is 0 Å². The van der Waals surface area contributed by atoms with E-state index >= 15 is 0 Å². The van der Waals surface area contributed by atoms with Crippen LogP contribution in [0, 0.1) is 0 Å². The first-order valence-corrected chi connectivity index (χ1v) is 16.8. The maximum absolute atomic E-state index is 13.8. The molecule has 3 aromatic carbocycles. The van der Waals surface area contributed by atoms with Gasteiger partial charge in [0.25, 0.3) is 11.8 Å². The molecule has 0 radical (unpaired) electrons. The highest BCUT2D eigenvalue weighted by atomic mass is 79.9. The summed E-state index contributed by atoms with van der Waals surface area (Å²) in [5, 5.41) is 5.12. The van der Waals surface area contributed by atoms with Crippen LogP contribution in [-0.4, -0.2) is 68.4 Å². The van der Waals surface area contributed by atoms with Gasteiger partial charge < -0.3 is 14.2 Å². The molecule has 0 spiro atoms. The van der Waals surface area contributed by atoms with Crippen molar-refractivity contribution in [3.63, 3.8) is 0 Å². The van der Waals surface area contributed by atoms with E-state index in [1.807, 2.05) is 0 Å². The number of ether oxygens (including phenoxy) is 3. The first kappa shape index (κ1) is 33.9. The third-order valence-electron chi connectivity index (χ3n) is 7.77. The number of benzene rings is 3. The van der Waals surface area contributed by atoms with Gasteiger partial charge in [-0.15, -0.1) is 0 Å². The van der Waals surface area contributed by atoms with Crippen molar-refractivity contribution < 1.29 is 47.8 Å². The lowest BCUT2D eigenvalue weighted by molar-refractivity contribution is -0.153. The largest absolute Gasteiger partial charge is 0.451 e. The van der Waals surface area contributed by atoms with Gasteiger partial charge in [-0.3, -0.25) is 39.4 Å². The first-order valence-electron chi connectivity index (χ1n) is 14.9. The van der Waals surface area contributed by atoms with Crippen LogP contribution in [0.3, 0.4) is 0 Å². The zero-order valence-electron chi connectivity index (χ0n) is 25.3. The Morgan fingerprint density at radius 1 is 0.714 bits per heavy atom. The van der Waals surface area contributed by atoms with Crippen LogP contribution in [0.4, 0.5) is 0 Å². The highest BCUT2D eigenvalue weighted by Gasteiger charge is 2.36. The van der Waals surface area contributed by atoms with E-state index in [9.17, 15) is 33.6 Å². The van der Waals surface area contributed by atoms with Gasteiger partial charge in [-0.2, -0.15) is 0 Å². The van der Waals surface area contributed by atoms with Gasteiger partial charge in [0, 0.05) is 10.8 Å². The first-order chi connectivity index (χ1) is 23.4. The van der Waals surface area contributed by atoms with Crippen molar-refractivity contribution in [1.29, 1.82) is 0 Å². The molecule has 4 atom stereocenters. The van der Waals surface area contributed by atoms with Crippen molar-refractivity contribution in [2.24, 2.45) is 0 Å². The molecule has 250 valence electrons. The van der Waals surface area contributed by atoms with E-state index in [4.69, 9.17) is 19.2 Å². The fourth-order valence-electron chi connectivity index (χ4n) is 5.42. The number of hydrogen-bond acceptors (Lipinski definition) is 11. The standard InChI is InChI=1S/C34H25Br2N3O10/c35-21(32(44)48-25-14-27(40)38-30(25)42)11-16-7-9-23-20(10-16)29(34(46)47-18-4-2-1-3-5-18)19-8-6-17(13-24(19)37-23)12-22(36)33(45)49-26-15-28(41)39-31(26)43/h1-10,13,21-22,25-26H,11-12,14-15H2,(H,38,40,42)(H,39,41,43). The average molecular weight is 795 g/mol. The maximum Gasteiger partial charge on any atom is 0.344 e. The minimum Gasteiger partial charge on any atom is -0.451 e. The quantitative estimate of drug-likeness (QED) is 0.0791. The summed E-state index contributed by atoms with van der Waals surface area (Å²) < 4.78 is 16.2. The van der Waals surface area contributed by atoms with Crippen LogP contribution < -0.4 is 15.4 Å². The van der Waals surface area contributed by atoms with Crippen LogP contribution in [0.2, 0.25) is 0 Å². The molecule has 2 N–H and O–H groups in total. The summed E-state index contributed by atoms with van der Waals surface area (Å²) in [5.74, 6) is -4.13. The molecule has 2 aliphatic heterocycles. The second-order valence-electron chi connectivity index (χ2n) is 11.3. The molecule has 2 saturated heterocycles. The van der Waals surface area contributed by atoms with Crippen LogP contribution in [0.25, 0.3) is 21.8 Å². The van der Waals surface area contributed by atoms with Crippen molar-refractivity contribution >= 4 is 95.2 Å². The molecule has 2 aliphatic rings. The van der Waals surface area contributed by atoms with Crippen LogP contribution in [0.15, 0.2) is 66.7 Å². The number of nitrogens with one attached hydrogen (secondary N) is 2. The van der Waals surface area contributed by atoms with Gasteiger partial charge in [0.05, 0.1) is 29.4 Å². The molecule has 0 saturated carbocycles. The molecule has 15 heteroatoms. The minimum atomic E-state index is -1.19. The van der Waals surface area contributed by atoms with E-state index in [-0.39, 0.29) is 31.2 Å². The Kier molecular flexibility index (Phi) is 9.83. The van der Waals surface area contributed by atoms with Crippen molar-refractivity contribution in [2.75, 3.05) is 0 Å². The van der Waals surface area contributed by atoms with Gasteiger partial charge in [-0.25, -0.2) is 9.78 Å². The van der Waals surface area contributed by atoms with Crippen molar-refractivity contribution in [3.05, 3.63) is 83.4 Å². The van der Waals surface area contributed by atoms with Crippen LogP contribution in [-0.2, 0) is 51.1 Å². The smallest absolute Gasteiger partial charge is 0.344 e. The number of imide groups is 2.